The van der Waals surface area contributed by atoms with Gasteiger partial charge in [-0.25, -0.2) is 9.78 Å². The zero-order valence-electron chi connectivity index (χ0n) is 19.3. The van der Waals surface area contributed by atoms with E-state index in [-0.39, 0.29) is 23.9 Å². The van der Waals surface area contributed by atoms with Gasteiger partial charge in [0, 0.05) is 37.4 Å². The summed E-state index contributed by atoms with van der Waals surface area (Å²) in [7, 11) is 1.74. The molecular formula is C23H31N5O4. The van der Waals surface area contributed by atoms with Crippen molar-refractivity contribution < 1.29 is 19.1 Å². The van der Waals surface area contributed by atoms with Crippen LogP contribution in [0.15, 0.2) is 30.7 Å². The molecule has 1 saturated heterocycles. The highest BCUT2D eigenvalue weighted by Gasteiger charge is 2.27. The first-order valence-corrected chi connectivity index (χ1v) is 10.7. The van der Waals surface area contributed by atoms with Crippen molar-refractivity contribution in [3.05, 3.63) is 47.5 Å². The summed E-state index contributed by atoms with van der Waals surface area (Å²) in [6.45, 7) is 8.44. The lowest BCUT2D eigenvalue weighted by molar-refractivity contribution is 0.0199. The van der Waals surface area contributed by atoms with E-state index >= 15 is 0 Å². The van der Waals surface area contributed by atoms with Crippen molar-refractivity contribution in [2.75, 3.05) is 18.4 Å². The third-order valence-electron chi connectivity index (χ3n) is 5.28. The molecule has 1 aromatic heterocycles. The quantitative estimate of drug-likeness (QED) is 0.758. The molecule has 2 heterocycles. The van der Waals surface area contributed by atoms with Crippen LogP contribution in [0.5, 0.6) is 0 Å². The van der Waals surface area contributed by atoms with E-state index in [4.69, 9.17) is 4.74 Å². The average molecular weight is 442 g/mol. The van der Waals surface area contributed by atoms with Gasteiger partial charge in [-0.3, -0.25) is 9.59 Å². The Balaban J connectivity index is 1.58. The molecule has 0 aliphatic carbocycles. The van der Waals surface area contributed by atoms with Gasteiger partial charge in [-0.1, -0.05) is 6.07 Å². The third-order valence-corrected chi connectivity index (χ3v) is 5.28. The number of benzene rings is 1. The molecule has 1 fully saturated rings. The minimum atomic E-state index is -0.530. The van der Waals surface area contributed by atoms with Gasteiger partial charge in [0.05, 0.1) is 12.5 Å². The minimum absolute atomic E-state index is 0.0324. The lowest BCUT2D eigenvalue weighted by atomic mass is 10.0. The number of nitrogens with one attached hydrogen (secondary N) is 2. The molecule has 0 unspecified atom stereocenters. The molecule has 32 heavy (non-hydrogen) atoms. The van der Waals surface area contributed by atoms with E-state index in [0.29, 0.717) is 42.9 Å². The summed E-state index contributed by atoms with van der Waals surface area (Å²) in [5.74, 6) is -0.503. The molecule has 1 aliphatic heterocycles. The molecule has 172 valence electrons. The van der Waals surface area contributed by atoms with Gasteiger partial charge in [0.2, 0.25) is 0 Å². The molecule has 2 aromatic rings. The lowest BCUT2D eigenvalue weighted by Gasteiger charge is -2.33. The van der Waals surface area contributed by atoms with E-state index in [9.17, 15) is 14.4 Å². The Labute approximate surface area is 188 Å². The second kappa shape index (κ2) is 9.42. The molecule has 0 bridgehead atoms. The van der Waals surface area contributed by atoms with Crippen molar-refractivity contribution in [1.29, 1.82) is 0 Å². The smallest absolute Gasteiger partial charge is 0.410 e. The zero-order valence-corrected chi connectivity index (χ0v) is 19.3. The number of carbonyl (C=O) groups is 3. The molecule has 0 radical (unpaired) electrons. The van der Waals surface area contributed by atoms with Crippen molar-refractivity contribution in [3.63, 3.8) is 0 Å². The summed E-state index contributed by atoms with van der Waals surface area (Å²) in [5.41, 5.74) is 1.78. The van der Waals surface area contributed by atoms with Crippen LogP contribution < -0.4 is 10.6 Å². The van der Waals surface area contributed by atoms with Gasteiger partial charge in [-0.05, 0) is 58.2 Å². The van der Waals surface area contributed by atoms with Crippen molar-refractivity contribution in [3.8, 4) is 0 Å². The second-order valence-corrected chi connectivity index (χ2v) is 9.09. The Kier molecular flexibility index (Phi) is 6.86. The monoisotopic (exact) mass is 441 g/mol. The minimum Gasteiger partial charge on any atom is -0.444 e. The fraction of sp³-hybridized carbons (Fsp3) is 0.478. The first-order valence-electron chi connectivity index (χ1n) is 10.7. The van der Waals surface area contributed by atoms with Crippen LogP contribution >= 0.6 is 0 Å². The van der Waals surface area contributed by atoms with Gasteiger partial charge < -0.3 is 24.8 Å². The van der Waals surface area contributed by atoms with Crippen LogP contribution in [-0.2, 0) is 11.8 Å². The van der Waals surface area contributed by atoms with Gasteiger partial charge in [0.1, 0.15) is 11.3 Å². The van der Waals surface area contributed by atoms with Gasteiger partial charge in [0.25, 0.3) is 11.8 Å². The average Bonchev–Trinajstić information content (AvgIpc) is 3.15. The number of amides is 3. The number of anilines is 1. The van der Waals surface area contributed by atoms with E-state index in [1.165, 1.54) is 6.20 Å². The molecule has 2 N–H and O–H groups in total. The van der Waals surface area contributed by atoms with Gasteiger partial charge in [-0.2, -0.15) is 0 Å². The fourth-order valence-corrected chi connectivity index (χ4v) is 3.46. The molecule has 9 nitrogen and oxygen atoms in total. The van der Waals surface area contributed by atoms with E-state index in [2.05, 4.69) is 15.6 Å². The molecule has 3 rings (SSSR count). The summed E-state index contributed by atoms with van der Waals surface area (Å²) in [6.07, 6.45) is 4.03. The Morgan fingerprint density at radius 3 is 2.41 bits per heavy atom. The topological polar surface area (TPSA) is 106 Å². The SMILES string of the molecule is Cc1ccc(C(=O)NC2CCN(C(=O)OC(C)(C)C)CC2)cc1NC(=O)c1cncn1C. The number of likely N-dealkylation sites (tertiary alicyclic amines) is 1. The van der Waals surface area contributed by atoms with E-state index in [1.54, 1.807) is 41.0 Å². The van der Waals surface area contributed by atoms with Crippen LogP contribution in [0.1, 0.15) is 60.0 Å². The number of hydrogen-bond acceptors (Lipinski definition) is 5. The summed E-state index contributed by atoms with van der Waals surface area (Å²) in [5, 5.41) is 5.89. The van der Waals surface area contributed by atoms with Crippen molar-refractivity contribution in [1.82, 2.24) is 19.8 Å². The molecule has 0 spiro atoms. The first kappa shape index (κ1) is 23.3. The van der Waals surface area contributed by atoms with Crippen LogP contribution in [0.3, 0.4) is 0 Å². The van der Waals surface area contributed by atoms with Crippen LogP contribution in [0, 0.1) is 6.92 Å². The number of piperidine rings is 1. The maximum Gasteiger partial charge on any atom is 0.410 e. The van der Waals surface area contributed by atoms with E-state index in [1.807, 2.05) is 27.7 Å². The molecule has 9 heteroatoms. The van der Waals surface area contributed by atoms with Crippen LogP contribution in [-0.4, -0.2) is 57.1 Å². The maximum absolute atomic E-state index is 12.8. The highest BCUT2D eigenvalue weighted by molar-refractivity contribution is 6.04. The number of aryl methyl sites for hydroxylation is 2. The summed E-state index contributed by atoms with van der Waals surface area (Å²) >= 11 is 0. The van der Waals surface area contributed by atoms with E-state index < -0.39 is 5.60 Å². The van der Waals surface area contributed by atoms with Crippen molar-refractivity contribution in [2.45, 2.75) is 52.2 Å². The normalized spacial score (nSPS) is 14.7. The van der Waals surface area contributed by atoms with E-state index in [0.717, 1.165) is 5.56 Å². The number of carbonyl (C=O) groups excluding carboxylic acids is 3. The molecule has 1 aromatic carbocycles. The lowest BCUT2D eigenvalue weighted by Crippen LogP contribution is -2.47. The molecule has 0 saturated carbocycles. The van der Waals surface area contributed by atoms with Gasteiger partial charge in [0.15, 0.2) is 0 Å². The molecule has 1 aliphatic rings. The zero-order chi connectivity index (χ0) is 23.5. The molecule has 0 atom stereocenters. The highest BCUT2D eigenvalue weighted by atomic mass is 16.6. The Hall–Kier alpha value is -3.36. The Bertz CT molecular complexity index is 1000. The second-order valence-electron chi connectivity index (χ2n) is 9.09. The standard InChI is InChI=1S/C23H31N5O4/c1-15-6-7-16(12-18(15)26-21(30)19-13-24-14-27(19)5)20(29)25-17-8-10-28(11-9-17)22(31)32-23(2,3)4/h6-7,12-14,17H,8-11H2,1-5H3,(H,25,29)(H,26,30). The van der Waals surface area contributed by atoms with Gasteiger partial charge >= 0.3 is 6.09 Å². The largest absolute Gasteiger partial charge is 0.444 e. The van der Waals surface area contributed by atoms with Gasteiger partial charge in [-0.15, -0.1) is 0 Å². The maximum atomic E-state index is 12.8. The molecular weight excluding hydrogens is 410 g/mol. The predicted octanol–water partition coefficient (Wildman–Crippen LogP) is 3.11. The summed E-state index contributed by atoms with van der Waals surface area (Å²) in [4.78, 5) is 43.1. The molecule has 3 amide bonds. The summed E-state index contributed by atoms with van der Waals surface area (Å²) in [6, 6.07) is 5.18. The van der Waals surface area contributed by atoms with Crippen LogP contribution in [0.4, 0.5) is 10.5 Å². The first-order chi connectivity index (χ1) is 15.0. The Morgan fingerprint density at radius 1 is 1.12 bits per heavy atom. The van der Waals surface area contributed by atoms with Crippen LogP contribution in [0.2, 0.25) is 0 Å². The van der Waals surface area contributed by atoms with Crippen molar-refractivity contribution >= 4 is 23.6 Å². The third kappa shape index (κ3) is 5.87. The number of nitrogens with zero attached hydrogens (tertiary/aromatic N) is 3. The number of hydrogen-bond donors (Lipinski definition) is 2. The fourth-order valence-electron chi connectivity index (χ4n) is 3.46. The van der Waals surface area contributed by atoms with Crippen molar-refractivity contribution in [2.24, 2.45) is 7.05 Å². The Morgan fingerprint density at radius 2 is 1.81 bits per heavy atom. The number of ether oxygens (including phenoxy) is 1. The highest BCUT2D eigenvalue weighted by Crippen LogP contribution is 2.20. The summed E-state index contributed by atoms with van der Waals surface area (Å²) < 4.78 is 7.04. The number of imidazole rings is 1. The number of aromatic nitrogens is 2. The predicted molar refractivity (Wildman–Crippen MR) is 121 cm³/mol. The van der Waals surface area contributed by atoms with Crippen LogP contribution in [0.25, 0.3) is 0 Å². The number of rotatable bonds is 4.